The van der Waals surface area contributed by atoms with Crippen molar-refractivity contribution < 1.29 is 17.3 Å². The van der Waals surface area contributed by atoms with E-state index in [0.717, 1.165) is 11.3 Å². The van der Waals surface area contributed by atoms with Crippen molar-refractivity contribution in [1.82, 2.24) is 4.90 Å². The minimum absolute atomic E-state index is 0.131. The monoisotopic (exact) mass is 545 g/mol. The van der Waals surface area contributed by atoms with E-state index < -0.39 is 0 Å². The summed E-state index contributed by atoms with van der Waals surface area (Å²) in [5.41, 5.74) is 3.04. The van der Waals surface area contributed by atoms with Gasteiger partial charge in [0, 0.05) is 11.6 Å². The molecule has 171 valence electrons. The van der Waals surface area contributed by atoms with Crippen molar-refractivity contribution in [3.63, 3.8) is 0 Å². The molecule has 0 aromatic rings. The Morgan fingerprint density at radius 1 is 0.806 bits per heavy atom. The molecule has 0 heterocycles. The van der Waals surface area contributed by atoms with E-state index in [9.17, 15) is 0 Å². The molecule has 0 bridgehead atoms. The molecule has 0 aromatic carbocycles. The fourth-order valence-corrected chi connectivity index (χ4v) is 7.10. The van der Waals surface area contributed by atoms with Gasteiger partial charge in [0.2, 0.25) is 0 Å². The molecule has 3 aliphatic rings. The van der Waals surface area contributed by atoms with Crippen molar-refractivity contribution in [1.29, 1.82) is 0 Å². The van der Waals surface area contributed by atoms with Gasteiger partial charge in [-0.15, -0.1) is 0 Å². The van der Waals surface area contributed by atoms with Crippen LogP contribution in [-0.2, 0) is 17.3 Å². The molecule has 0 saturated heterocycles. The van der Waals surface area contributed by atoms with Crippen LogP contribution in [0.3, 0.4) is 0 Å². The quantitative estimate of drug-likeness (QED) is 0.257. The van der Waals surface area contributed by atoms with Gasteiger partial charge in [-0.1, -0.05) is 56.4 Å². The van der Waals surface area contributed by atoms with Crippen LogP contribution in [-0.4, -0.2) is 30.3 Å². The molecule has 0 amide bonds. The number of rotatable bonds is 5. The summed E-state index contributed by atoms with van der Waals surface area (Å²) in [6.07, 6.45) is 19.9. The fourth-order valence-electron chi connectivity index (χ4n) is 3.87. The van der Waals surface area contributed by atoms with Crippen LogP contribution >= 0.6 is 17.6 Å². The van der Waals surface area contributed by atoms with Crippen molar-refractivity contribution in [2.45, 2.75) is 59.8 Å². The molecule has 3 aliphatic carbocycles. The first-order valence-corrected chi connectivity index (χ1v) is 14.7. The van der Waals surface area contributed by atoms with E-state index >= 15 is 0 Å². The van der Waals surface area contributed by atoms with Crippen LogP contribution in [0.15, 0.2) is 0 Å². The van der Waals surface area contributed by atoms with E-state index in [2.05, 4.69) is 135 Å². The Hall–Kier alpha value is 1.30. The summed E-state index contributed by atoms with van der Waals surface area (Å²) in [4.78, 5) is 2.27. The second kappa shape index (κ2) is 15.3. The standard InChI is InChI=1S/C17H25NP.C10H14.ClH.Ru/c1-12(2)19(13(3)4)17-15-10-8-7-9-14(15)11-16(17)18(5)6;1-8(2)10-6-4-9(3)5-7-10;;/h7-13H,1-6H3;4-8H,1-3H3;1H;/q;;;+2/p-1. The average molecular weight is 545 g/mol. The van der Waals surface area contributed by atoms with E-state index in [1.165, 1.54) is 29.7 Å². The Labute approximate surface area is 212 Å². The molecule has 3 fully saturated rings. The van der Waals surface area contributed by atoms with Crippen LogP contribution < -0.4 is 0 Å². The predicted molar refractivity (Wildman–Crippen MR) is 135 cm³/mol. The van der Waals surface area contributed by atoms with Crippen molar-refractivity contribution in [2.75, 3.05) is 14.1 Å². The SMILES string of the molecule is CC(C)P([C]1[C]2[CH][CH][CH][CH][C]2[CH][C]1N(C)C)C(C)C.C[C]1[CH][CH][C](C(C)C)[CH][CH]1.[Cl][Ru+]. The van der Waals surface area contributed by atoms with Crippen LogP contribution in [0.1, 0.15) is 48.5 Å². The first kappa shape index (κ1) is 30.3. The number of hydrogen-bond acceptors (Lipinski definition) is 1. The molecule has 15 radical (unpaired) electrons. The molecule has 3 saturated carbocycles. The van der Waals surface area contributed by atoms with Crippen molar-refractivity contribution in [3.05, 3.63) is 93.2 Å². The van der Waals surface area contributed by atoms with E-state index in [4.69, 9.17) is 0 Å². The van der Waals surface area contributed by atoms with Gasteiger partial charge in [0.15, 0.2) is 0 Å². The van der Waals surface area contributed by atoms with Crippen LogP contribution in [0.2, 0.25) is 0 Å². The van der Waals surface area contributed by atoms with Crippen LogP contribution in [0.4, 0.5) is 0 Å². The van der Waals surface area contributed by atoms with Crippen molar-refractivity contribution in [2.24, 2.45) is 5.92 Å². The number of nitrogens with zero attached hydrogens (tertiary/aromatic N) is 1. The van der Waals surface area contributed by atoms with Crippen molar-refractivity contribution >= 4 is 17.6 Å². The topological polar surface area (TPSA) is 3.24 Å². The summed E-state index contributed by atoms with van der Waals surface area (Å²) in [6, 6.07) is 1.41. The molecular formula is C27H39ClNPRu+. The normalized spacial score (nSPS) is 22.8. The summed E-state index contributed by atoms with van der Waals surface area (Å²) in [7, 11) is 8.75. The molecule has 31 heavy (non-hydrogen) atoms. The zero-order valence-corrected chi connectivity index (χ0v) is 23.9. The van der Waals surface area contributed by atoms with Gasteiger partial charge in [0.1, 0.15) is 0 Å². The first-order chi connectivity index (χ1) is 14.6. The Bertz CT molecular complexity index is 452. The van der Waals surface area contributed by atoms with Gasteiger partial charge in [-0.05, 0) is 107 Å². The molecule has 1 nitrogen and oxygen atoms in total. The molecule has 4 heteroatoms. The van der Waals surface area contributed by atoms with Gasteiger partial charge >= 0.3 is 27.0 Å². The number of fused-ring (bicyclic) bond motifs is 1. The fraction of sp³-hybridized carbons (Fsp3) is 0.444. The molecule has 0 aromatic heterocycles. The summed E-state index contributed by atoms with van der Waals surface area (Å²) >= 11 is 1.82. The second-order valence-corrected chi connectivity index (χ2v) is 12.3. The zero-order chi connectivity index (χ0) is 23.7. The molecule has 0 atom stereocenters. The Kier molecular flexibility index (Phi) is 15.0. The molecule has 0 unspecified atom stereocenters. The Morgan fingerprint density at radius 3 is 1.77 bits per heavy atom. The van der Waals surface area contributed by atoms with Gasteiger partial charge in [0.25, 0.3) is 0 Å². The van der Waals surface area contributed by atoms with Gasteiger partial charge in [-0.2, -0.15) is 0 Å². The first-order valence-electron chi connectivity index (χ1n) is 11.0. The average Bonchev–Trinajstić information content (AvgIpc) is 3.09. The Balaban J connectivity index is 0.000000337. The summed E-state index contributed by atoms with van der Waals surface area (Å²) in [5, 5.41) is 0. The zero-order valence-electron chi connectivity index (χ0n) is 20.6. The molecule has 0 aliphatic heterocycles. The minimum atomic E-state index is -0.131. The number of halogens is 1. The van der Waals surface area contributed by atoms with Gasteiger partial charge in [-0.3, -0.25) is 0 Å². The molecular weight excluding hydrogens is 506 g/mol. The van der Waals surface area contributed by atoms with Crippen LogP contribution in [0.5, 0.6) is 0 Å². The molecule has 0 spiro atoms. The van der Waals surface area contributed by atoms with Crippen molar-refractivity contribution in [3.8, 4) is 0 Å². The summed E-state index contributed by atoms with van der Waals surface area (Å²) in [6.45, 7) is 16.0. The van der Waals surface area contributed by atoms with E-state index in [-0.39, 0.29) is 7.92 Å². The van der Waals surface area contributed by atoms with E-state index in [0.29, 0.717) is 5.92 Å². The third-order valence-corrected chi connectivity index (χ3v) is 8.56. The summed E-state index contributed by atoms with van der Waals surface area (Å²) < 4.78 is 0. The maximum atomic E-state index is 4.57. The maximum absolute atomic E-state index is 4.57. The Morgan fingerprint density at radius 2 is 1.32 bits per heavy atom. The van der Waals surface area contributed by atoms with Gasteiger partial charge in [0.05, 0.1) is 6.04 Å². The van der Waals surface area contributed by atoms with Gasteiger partial charge < -0.3 is 4.90 Å². The van der Waals surface area contributed by atoms with E-state index in [1.54, 1.807) is 5.66 Å². The second-order valence-electron chi connectivity index (χ2n) is 9.02. The molecule has 3 rings (SSSR count). The molecule has 0 N–H and O–H groups in total. The summed E-state index contributed by atoms with van der Waals surface area (Å²) in [5.74, 6) is 6.25. The van der Waals surface area contributed by atoms with E-state index in [1.807, 2.05) is 17.3 Å². The third kappa shape index (κ3) is 9.12. The van der Waals surface area contributed by atoms with Crippen LogP contribution in [0, 0.1) is 99.1 Å². The third-order valence-electron chi connectivity index (χ3n) is 5.35. The number of hydrogen-bond donors (Lipinski definition) is 0. The van der Waals surface area contributed by atoms with Crippen LogP contribution in [0.25, 0.3) is 0 Å². The predicted octanol–water partition coefficient (Wildman–Crippen LogP) is 7.44. The van der Waals surface area contributed by atoms with Gasteiger partial charge in [-0.25, -0.2) is 0 Å².